The Morgan fingerprint density at radius 2 is 1.66 bits per heavy atom. The molecule has 29 heavy (non-hydrogen) atoms. The number of carbonyl (C=O) groups excluding carboxylic acids is 2. The van der Waals surface area contributed by atoms with Gasteiger partial charge in [-0.2, -0.15) is 0 Å². The lowest BCUT2D eigenvalue weighted by Crippen LogP contribution is -2.27. The Hall–Kier alpha value is -3.06. The molecule has 7 heteroatoms. The summed E-state index contributed by atoms with van der Waals surface area (Å²) in [4.78, 5) is 33.9. The number of unbranched alkanes of at least 4 members (excludes halogenated alkanes) is 1. The number of hydrogen-bond acceptors (Lipinski definition) is 7. The second kappa shape index (κ2) is 8.96. The van der Waals surface area contributed by atoms with Gasteiger partial charge in [0.2, 0.25) is 0 Å². The number of nitrogens with zero attached hydrogens (tertiary/aromatic N) is 2. The quantitative estimate of drug-likeness (QED) is 0.483. The van der Waals surface area contributed by atoms with Crippen LogP contribution in [0.25, 0.3) is 22.1 Å². The van der Waals surface area contributed by atoms with Crippen LogP contribution in [0.4, 0.5) is 0 Å². The number of fused-ring (bicyclic) bond motifs is 2. The molecule has 0 aliphatic rings. The van der Waals surface area contributed by atoms with Gasteiger partial charge in [0.1, 0.15) is 11.4 Å². The first-order chi connectivity index (χ1) is 14.0. The second-order valence-corrected chi connectivity index (χ2v) is 6.81. The number of ether oxygens (including phenoxy) is 2. The van der Waals surface area contributed by atoms with Gasteiger partial charge in [-0.1, -0.05) is 38.0 Å². The number of para-hydroxylation sites is 2. The molecule has 2 atom stereocenters. The maximum atomic E-state index is 12.5. The molecule has 0 fully saturated rings. The number of benzene rings is 2. The van der Waals surface area contributed by atoms with Crippen LogP contribution in [-0.4, -0.2) is 47.3 Å². The summed E-state index contributed by atoms with van der Waals surface area (Å²) in [5.74, 6) is -1.89. The molecule has 1 heterocycles. The number of aliphatic hydroxyl groups is 1. The third-order valence-corrected chi connectivity index (χ3v) is 4.96. The Morgan fingerprint density at radius 1 is 1.00 bits per heavy atom. The van der Waals surface area contributed by atoms with E-state index < -0.39 is 24.0 Å². The fourth-order valence-electron chi connectivity index (χ4n) is 3.46. The Morgan fingerprint density at radius 3 is 2.31 bits per heavy atom. The molecule has 0 saturated carbocycles. The average Bonchev–Trinajstić information content (AvgIpc) is 2.75. The van der Waals surface area contributed by atoms with E-state index in [1.165, 1.54) is 14.2 Å². The van der Waals surface area contributed by atoms with Gasteiger partial charge in [0.25, 0.3) is 0 Å². The van der Waals surface area contributed by atoms with Gasteiger partial charge in [0, 0.05) is 0 Å². The Labute approximate surface area is 168 Å². The Kier molecular flexibility index (Phi) is 6.39. The topological polar surface area (TPSA) is 98.6 Å². The van der Waals surface area contributed by atoms with E-state index in [-0.39, 0.29) is 0 Å². The van der Waals surface area contributed by atoms with Crippen LogP contribution in [0, 0.1) is 0 Å². The minimum Gasteiger partial charge on any atom is -0.468 e. The summed E-state index contributed by atoms with van der Waals surface area (Å²) >= 11 is 0. The molecule has 0 aliphatic heterocycles. The van der Waals surface area contributed by atoms with Gasteiger partial charge < -0.3 is 14.6 Å². The molecule has 0 saturated heterocycles. The zero-order valence-corrected chi connectivity index (χ0v) is 16.7. The summed E-state index contributed by atoms with van der Waals surface area (Å²) in [7, 11) is 2.61. The minimum absolute atomic E-state index is 0.317. The number of methoxy groups -OCH3 is 2. The molecule has 0 spiro atoms. The van der Waals surface area contributed by atoms with Crippen molar-refractivity contribution < 1.29 is 24.2 Å². The largest absolute Gasteiger partial charge is 0.468 e. The molecular weight excluding hydrogens is 372 g/mol. The van der Waals surface area contributed by atoms with Gasteiger partial charge in [-0.15, -0.1) is 0 Å². The van der Waals surface area contributed by atoms with E-state index in [0.717, 1.165) is 12.8 Å². The van der Waals surface area contributed by atoms with Gasteiger partial charge in [0.05, 0.1) is 42.4 Å². The van der Waals surface area contributed by atoms with Crippen LogP contribution in [0.1, 0.15) is 48.0 Å². The standard InChI is InChI=1S/C22H24N2O5/c1-4-5-12-17(25)18(22(27)29-3)13-8-6-10-15-19(13)23-16-11-7-9-14(20(16)24-15)21(26)28-2/h6-11,17-18,25H,4-5,12H2,1-3H3. The van der Waals surface area contributed by atoms with Crippen molar-refractivity contribution in [1.82, 2.24) is 9.97 Å². The first-order valence-electron chi connectivity index (χ1n) is 9.55. The molecule has 2 aromatic carbocycles. The zero-order valence-electron chi connectivity index (χ0n) is 16.7. The Bertz CT molecular complexity index is 1050. The fraction of sp³-hybridized carbons (Fsp3) is 0.364. The molecule has 1 aromatic heterocycles. The highest BCUT2D eigenvalue weighted by molar-refractivity contribution is 6.03. The third kappa shape index (κ3) is 4.05. The fourth-order valence-corrected chi connectivity index (χ4v) is 3.46. The van der Waals surface area contributed by atoms with Crippen molar-refractivity contribution in [2.75, 3.05) is 14.2 Å². The van der Waals surface area contributed by atoms with Crippen LogP contribution in [0.15, 0.2) is 36.4 Å². The van der Waals surface area contributed by atoms with Gasteiger partial charge in [-0.3, -0.25) is 4.79 Å². The van der Waals surface area contributed by atoms with Gasteiger partial charge in [0.15, 0.2) is 0 Å². The van der Waals surface area contributed by atoms with Crippen LogP contribution in [0.3, 0.4) is 0 Å². The minimum atomic E-state index is -0.896. The Balaban J connectivity index is 2.21. The van der Waals surface area contributed by atoms with E-state index in [1.807, 2.05) is 6.92 Å². The first kappa shape index (κ1) is 20.7. The van der Waals surface area contributed by atoms with Crippen LogP contribution in [0.5, 0.6) is 0 Å². The van der Waals surface area contributed by atoms with Crippen LogP contribution < -0.4 is 0 Å². The van der Waals surface area contributed by atoms with Gasteiger partial charge >= 0.3 is 11.9 Å². The molecule has 0 radical (unpaired) electrons. The van der Waals surface area contributed by atoms with Crippen molar-refractivity contribution in [2.45, 2.75) is 38.2 Å². The van der Waals surface area contributed by atoms with Gasteiger partial charge in [-0.05, 0) is 30.2 Å². The van der Waals surface area contributed by atoms with E-state index in [1.54, 1.807) is 36.4 Å². The van der Waals surface area contributed by atoms with Crippen molar-refractivity contribution in [3.05, 3.63) is 47.5 Å². The number of aliphatic hydroxyl groups excluding tert-OH is 1. The van der Waals surface area contributed by atoms with Crippen LogP contribution in [-0.2, 0) is 14.3 Å². The molecular formula is C22H24N2O5. The number of hydrogen-bond donors (Lipinski definition) is 1. The van der Waals surface area contributed by atoms with E-state index in [9.17, 15) is 14.7 Å². The molecule has 0 aliphatic carbocycles. The molecule has 3 rings (SSSR count). The molecule has 1 N–H and O–H groups in total. The number of carbonyl (C=O) groups is 2. The highest BCUT2D eigenvalue weighted by Gasteiger charge is 2.31. The average molecular weight is 396 g/mol. The summed E-state index contributed by atoms with van der Waals surface area (Å²) in [5.41, 5.74) is 2.80. The molecule has 2 unspecified atom stereocenters. The SMILES string of the molecule is CCCCC(O)C(C(=O)OC)c1cccc2nc3c(C(=O)OC)cccc3nc12. The summed E-state index contributed by atoms with van der Waals surface area (Å²) in [6, 6.07) is 10.3. The van der Waals surface area contributed by atoms with E-state index >= 15 is 0 Å². The third-order valence-electron chi connectivity index (χ3n) is 4.96. The predicted molar refractivity (Wildman–Crippen MR) is 109 cm³/mol. The lowest BCUT2D eigenvalue weighted by atomic mass is 9.89. The maximum Gasteiger partial charge on any atom is 0.340 e. The van der Waals surface area contributed by atoms with Crippen LogP contribution >= 0.6 is 0 Å². The lowest BCUT2D eigenvalue weighted by Gasteiger charge is -2.22. The predicted octanol–water partition coefficient (Wildman–Crippen LogP) is 3.38. The second-order valence-electron chi connectivity index (χ2n) is 6.81. The van der Waals surface area contributed by atoms with Crippen molar-refractivity contribution >= 4 is 34.0 Å². The van der Waals surface area contributed by atoms with E-state index in [2.05, 4.69) is 9.97 Å². The number of rotatable bonds is 7. The molecule has 0 amide bonds. The first-order valence-corrected chi connectivity index (χ1v) is 9.55. The van der Waals surface area contributed by atoms with Crippen molar-refractivity contribution in [1.29, 1.82) is 0 Å². The summed E-state index contributed by atoms with van der Waals surface area (Å²) in [6.45, 7) is 2.02. The van der Waals surface area contributed by atoms with Crippen LogP contribution in [0.2, 0.25) is 0 Å². The monoisotopic (exact) mass is 396 g/mol. The lowest BCUT2D eigenvalue weighted by molar-refractivity contribution is -0.145. The summed E-state index contributed by atoms with van der Waals surface area (Å²) in [6.07, 6.45) is 1.27. The van der Waals surface area contributed by atoms with E-state index in [0.29, 0.717) is 39.6 Å². The smallest absolute Gasteiger partial charge is 0.340 e. The molecule has 0 bridgehead atoms. The van der Waals surface area contributed by atoms with Crippen molar-refractivity contribution in [2.24, 2.45) is 0 Å². The van der Waals surface area contributed by atoms with E-state index in [4.69, 9.17) is 9.47 Å². The normalized spacial score (nSPS) is 13.2. The zero-order chi connectivity index (χ0) is 21.0. The molecule has 3 aromatic rings. The summed E-state index contributed by atoms with van der Waals surface area (Å²) in [5, 5.41) is 10.7. The van der Waals surface area contributed by atoms with Crippen molar-refractivity contribution in [3.63, 3.8) is 0 Å². The highest BCUT2D eigenvalue weighted by Crippen LogP contribution is 2.31. The maximum absolute atomic E-state index is 12.5. The molecule has 7 nitrogen and oxygen atoms in total. The number of aromatic nitrogens is 2. The molecule has 152 valence electrons. The highest BCUT2D eigenvalue weighted by atomic mass is 16.5. The number of esters is 2. The van der Waals surface area contributed by atoms with Crippen molar-refractivity contribution in [3.8, 4) is 0 Å². The van der Waals surface area contributed by atoms with Gasteiger partial charge in [-0.25, -0.2) is 14.8 Å². The summed E-state index contributed by atoms with van der Waals surface area (Å²) < 4.78 is 9.79.